The highest BCUT2D eigenvalue weighted by Gasteiger charge is 2.18. The molecule has 0 radical (unpaired) electrons. The van der Waals surface area contributed by atoms with Crippen molar-refractivity contribution in [3.05, 3.63) is 198 Å². The predicted octanol–water partition coefficient (Wildman–Crippen LogP) is 18.3. The van der Waals surface area contributed by atoms with Crippen molar-refractivity contribution in [2.24, 2.45) is 0 Å². The Morgan fingerprint density at radius 3 is 1.59 bits per heavy atom. The Hall–Kier alpha value is -7.37. The van der Waals surface area contributed by atoms with Crippen LogP contribution in [0.3, 0.4) is 0 Å². The van der Waals surface area contributed by atoms with Gasteiger partial charge in [0.25, 0.3) is 0 Å². The Bertz CT molecular complexity index is 3160. The van der Waals surface area contributed by atoms with E-state index in [-0.39, 0.29) is 0 Å². The van der Waals surface area contributed by atoms with Gasteiger partial charge in [-0.25, -0.2) is 9.97 Å². The lowest BCUT2D eigenvalue weighted by molar-refractivity contribution is 0.502. The van der Waals surface area contributed by atoms with Crippen molar-refractivity contribution >= 4 is 16.9 Å². The molecule has 9 rings (SSSR count). The summed E-state index contributed by atoms with van der Waals surface area (Å²) in [5, 5.41) is 0. The molecule has 3 aromatic heterocycles. The molecule has 0 saturated carbocycles. The van der Waals surface area contributed by atoms with Crippen LogP contribution in [-0.4, -0.2) is 15.0 Å². The number of aromatic nitrogens is 3. The summed E-state index contributed by atoms with van der Waals surface area (Å²) in [5.41, 5.74) is 20.6. The molecule has 5 nitrogen and oxygen atoms in total. The number of fused-ring (bicyclic) bond motifs is 1. The minimum Gasteiger partial charge on any atom is -0.457 e. The lowest BCUT2D eigenvalue weighted by Gasteiger charge is -2.19. The standard InChI is InChI=1S/C66H67N3O2/c1-7-11-17-47-22-38-56(19-13-9-3)64(45(47)5)70-46(6)48-23-25-49(26-24-48)51-29-35-55(36-30-51)62-59(42-43-61(68-62)60-21-15-16-44-67-60)53-33-27-50(28-34-53)52-31-40-58(41-32-52)66-69-63-54(18-12-8-2)37-39-57(20-14-10-4)65(63)71-66/h15-16,21-44H,6-14,17-20H2,1-5H3. The lowest BCUT2D eigenvalue weighted by Crippen LogP contribution is -2.02. The van der Waals surface area contributed by atoms with Crippen LogP contribution in [0.4, 0.5) is 0 Å². The molecule has 5 heteroatoms. The van der Waals surface area contributed by atoms with Crippen molar-refractivity contribution in [3.63, 3.8) is 0 Å². The molecule has 0 amide bonds. The van der Waals surface area contributed by atoms with E-state index in [9.17, 15) is 0 Å². The Labute approximate surface area is 421 Å². The molecule has 358 valence electrons. The fourth-order valence-corrected chi connectivity index (χ4v) is 9.57. The summed E-state index contributed by atoms with van der Waals surface area (Å²) < 4.78 is 13.2. The molecular formula is C66H67N3O2. The van der Waals surface area contributed by atoms with Gasteiger partial charge in [0.2, 0.25) is 5.89 Å². The van der Waals surface area contributed by atoms with Gasteiger partial charge in [0.15, 0.2) is 5.58 Å². The van der Waals surface area contributed by atoms with Gasteiger partial charge in [0, 0.05) is 28.5 Å². The second-order valence-electron chi connectivity index (χ2n) is 19.0. The molecule has 0 unspecified atom stereocenters. The van der Waals surface area contributed by atoms with Crippen LogP contribution in [0.1, 0.15) is 112 Å². The Morgan fingerprint density at radius 1 is 0.479 bits per heavy atom. The van der Waals surface area contributed by atoms with Crippen molar-refractivity contribution in [2.45, 2.75) is 112 Å². The van der Waals surface area contributed by atoms with Gasteiger partial charge in [0.1, 0.15) is 17.0 Å². The number of hydrogen-bond donors (Lipinski definition) is 0. The Kier molecular flexibility index (Phi) is 15.8. The van der Waals surface area contributed by atoms with Gasteiger partial charge in [-0.15, -0.1) is 0 Å². The first-order valence-electron chi connectivity index (χ1n) is 26.1. The van der Waals surface area contributed by atoms with Gasteiger partial charge >= 0.3 is 0 Å². The highest BCUT2D eigenvalue weighted by molar-refractivity contribution is 5.86. The van der Waals surface area contributed by atoms with Gasteiger partial charge < -0.3 is 9.15 Å². The molecule has 0 bridgehead atoms. The van der Waals surface area contributed by atoms with Gasteiger partial charge in [-0.1, -0.05) is 175 Å². The second kappa shape index (κ2) is 23.0. The number of oxazole rings is 1. The van der Waals surface area contributed by atoms with E-state index < -0.39 is 0 Å². The van der Waals surface area contributed by atoms with Crippen molar-refractivity contribution in [3.8, 4) is 73.2 Å². The maximum Gasteiger partial charge on any atom is 0.227 e. The molecule has 0 aliphatic rings. The van der Waals surface area contributed by atoms with E-state index in [2.05, 4.69) is 180 Å². The van der Waals surface area contributed by atoms with Gasteiger partial charge in [-0.3, -0.25) is 4.98 Å². The number of hydrogen-bond acceptors (Lipinski definition) is 5. The fraction of sp³-hybridized carbons (Fsp3) is 0.258. The Morgan fingerprint density at radius 2 is 0.986 bits per heavy atom. The summed E-state index contributed by atoms with van der Waals surface area (Å²) in [6.07, 6.45) is 15.1. The zero-order valence-corrected chi connectivity index (χ0v) is 42.4. The van der Waals surface area contributed by atoms with Crippen LogP contribution in [0.25, 0.3) is 84.3 Å². The molecule has 0 fully saturated rings. The minimum atomic E-state index is 0.668. The fourth-order valence-electron chi connectivity index (χ4n) is 9.57. The van der Waals surface area contributed by atoms with Crippen LogP contribution >= 0.6 is 0 Å². The van der Waals surface area contributed by atoms with Crippen molar-refractivity contribution in [2.75, 3.05) is 0 Å². The van der Waals surface area contributed by atoms with E-state index in [4.69, 9.17) is 19.1 Å². The number of nitrogens with zero attached hydrogens (tertiary/aromatic N) is 3. The lowest BCUT2D eigenvalue weighted by atomic mass is 9.95. The molecule has 71 heavy (non-hydrogen) atoms. The van der Waals surface area contributed by atoms with E-state index in [0.29, 0.717) is 11.6 Å². The first-order chi connectivity index (χ1) is 34.8. The first-order valence-corrected chi connectivity index (χ1v) is 26.1. The zero-order valence-electron chi connectivity index (χ0n) is 42.4. The summed E-state index contributed by atoms with van der Waals surface area (Å²) in [6.45, 7) is 15.6. The molecule has 9 aromatic rings. The molecule has 0 aliphatic carbocycles. The van der Waals surface area contributed by atoms with Crippen LogP contribution in [0.5, 0.6) is 5.75 Å². The third kappa shape index (κ3) is 11.2. The molecule has 0 atom stereocenters. The summed E-state index contributed by atoms with van der Waals surface area (Å²) in [7, 11) is 0. The first kappa shape index (κ1) is 48.6. The third-order valence-electron chi connectivity index (χ3n) is 13.9. The quantitative estimate of drug-likeness (QED) is 0.0672. The minimum absolute atomic E-state index is 0.668. The maximum atomic E-state index is 6.65. The molecular weight excluding hydrogens is 867 g/mol. The smallest absolute Gasteiger partial charge is 0.227 e. The van der Waals surface area contributed by atoms with Crippen LogP contribution in [-0.2, 0) is 25.7 Å². The van der Waals surface area contributed by atoms with Gasteiger partial charge in [-0.05, 0) is 150 Å². The van der Waals surface area contributed by atoms with E-state index in [1.165, 1.54) is 40.7 Å². The number of rotatable bonds is 21. The largest absolute Gasteiger partial charge is 0.457 e. The SMILES string of the molecule is C=C(Oc1c(CCCC)ccc(CCCC)c1C)c1ccc(-c2ccc(-c3nc(-c4ccccn4)ccc3-c3ccc(-c4ccc(-c5nc6c(CCCC)ccc(CCCC)c6o5)cc4)cc3)cc2)cc1. The van der Waals surface area contributed by atoms with Crippen molar-refractivity contribution in [1.82, 2.24) is 15.0 Å². The van der Waals surface area contributed by atoms with Crippen molar-refractivity contribution < 1.29 is 9.15 Å². The number of unbranched alkanes of at least 4 members (excludes halogenated alkanes) is 4. The third-order valence-corrected chi connectivity index (χ3v) is 13.9. The van der Waals surface area contributed by atoms with Crippen molar-refractivity contribution in [1.29, 1.82) is 0 Å². The van der Waals surface area contributed by atoms with Crippen LogP contribution in [0, 0.1) is 6.92 Å². The van der Waals surface area contributed by atoms with E-state index in [0.717, 1.165) is 148 Å². The predicted molar refractivity (Wildman–Crippen MR) is 298 cm³/mol. The summed E-state index contributed by atoms with van der Waals surface area (Å²) in [4.78, 5) is 15.0. The highest BCUT2D eigenvalue weighted by atomic mass is 16.5. The average Bonchev–Trinajstić information content (AvgIpc) is 3.88. The molecule has 0 saturated heterocycles. The van der Waals surface area contributed by atoms with Gasteiger partial charge in [-0.2, -0.15) is 0 Å². The summed E-state index contributed by atoms with van der Waals surface area (Å²) in [5.74, 6) is 2.32. The second-order valence-corrected chi connectivity index (χ2v) is 19.0. The number of ether oxygens (including phenoxy) is 1. The monoisotopic (exact) mass is 934 g/mol. The number of pyridine rings is 2. The van der Waals surface area contributed by atoms with E-state index in [1.807, 2.05) is 24.4 Å². The zero-order chi connectivity index (χ0) is 49.1. The topological polar surface area (TPSA) is 61.0 Å². The van der Waals surface area contributed by atoms with E-state index >= 15 is 0 Å². The molecule has 6 aromatic carbocycles. The molecule has 0 aliphatic heterocycles. The van der Waals surface area contributed by atoms with Crippen LogP contribution in [0.15, 0.2) is 169 Å². The van der Waals surface area contributed by atoms with E-state index in [1.54, 1.807) is 0 Å². The molecule has 3 heterocycles. The average molecular weight is 934 g/mol. The summed E-state index contributed by atoms with van der Waals surface area (Å²) >= 11 is 0. The maximum absolute atomic E-state index is 6.65. The Balaban J connectivity index is 0.950. The molecule has 0 N–H and O–H groups in total. The normalized spacial score (nSPS) is 11.3. The highest BCUT2D eigenvalue weighted by Crippen LogP contribution is 2.38. The van der Waals surface area contributed by atoms with Crippen LogP contribution in [0.2, 0.25) is 0 Å². The number of aryl methyl sites for hydroxylation is 4. The van der Waals surface area contributed by atoms with Gasteiger partial charge in [0.05, 0.1) is 17.1 Å². The molecule has 0 spiro atoms. The number of benzene rings is 6. The van der Waals surface area contributed by atoms with Crippen LogP contribution < -0.4 is 4.74 Å². The summed E-state index contributed by atoms with van der Waals surface area (Å²) in [6, 6.07) is 53.9.